The van der Waals surface area contributed by atoms with Crippen LogP contribution in [0.5, 0.6) is 0 Å². The predicted molar refractivity (Wildman–Crippen MR) is 301 cm³/mol. The summed E-state index contributed by atoms with van der Waals surface area (Å²) in [4.78, 5) is 46.2. The number of carbonyl (C=O) groups excluding carboxylic acids is 1. The molecular formula is C64H61N5O5. The second kappa shape index (κ2) is 20.4. The Morgan fingerprint density at radius 1 is 0.676 bits per heavy atom. The highest BCUT2D eigenvalue weighted by atomic mass is 16.4. The van der Waals surface area contributed by atoms with Gasteiger partial charge in [0.05, 0.1) is 24.6 Å². The Balaban J connectivity index is 0.976. The van der Waals surface area contributed by atoms with Crippen molar-refractivity contribution >= 4 is 79.6 Å². The van der Waals surface area contributed by atoms with Gasteiger partial charge < -0.3 is 29.8 Å². The molecule has 372 valence electrons. The zero-order valence-corrected chi connectivity index (χ0v) is 43.0. The summed E-state index contributed by atoms with van der Waals surface area (Å²) in [6.07, 6.45) is 11.2. The van der Waals surface area contributed by atoms with Crippen LogP contribution in [0.4, 0.5) is 34.1 Å². The number of carbonyl (C=O) groups is 3. The summed E-state index contributed by atoms with van der Waals surface area (Å²) in [5.74, 6) is -2.25. The SMILES string of the molecule is Cc1ccc(N(c2ccc(C)cc2)c2ccc(/C=C/C=C(\C#N)C(=O)N(C)c3ccc4c(c3)C(C)(C)C(/C=C/C=C3/N(CCC(=O)O)c5c(c6ccccc6c6ccccc56)C3(C)C)N4CCC(=O)O)cc2)cc1. The molecule has 0 saturated carbocycles. The molecule has 0 spiro atoms. The van der Waals surface area contributed by atoms with Crippen molar-refractivity contribution < 1.29 is 24.6 Å². The third kappa shape index (κ3) is 9.57. The van der Waals surface area contributed by atoms with Gasteiger partial charge in [0.1, 0.15) is 11.6 Å². The molecule has 1 amide bonds. The van der Waals surface area contributed by atoms with Crippen molar-refractivity contribution in [1.82, 2.24) is 0 Å². The number of rotatable bonds is 15. The number of nitriles is 1. The van der Waals surface area contributed by atoms with Gasteiger partial charge >= 0.3 is 11.9 Å². The molecule has 74 heavy (non-hydrogen) atoms. The molecule has 1 unspecified atom stereocenters. The Morgan fingerprint density at radius 3 is 1.78 bits per heavy atom. The highest BCUT2D eigenvalue weighted by molar-refractivity contribution is 6.17. The number of nitrogens with zero attached hydrogens (tertiary/aromatic N) is 5. The molecule has 0 saturated heterocycles. The molecule has 2 aliphatic heterocycles. The molecule has 0 bridgehead atoms. The lowest BCUT2D eigenvalue weighted by molar-refractivity contribution is -0.137. The number of amides is 1. The minimum absolute atomic E-state index is 0.0302. The van der Waals surface area contributed by atoms with Crippen LogP contribution >= 0.6 is 0 Å². The normalized spacial score (nSPS) is 16.3. The first kappa shape index (κ1) is 50.3. The van der Waals surface area contributed by atoms with E-state index < -0.39 is 28.7 Å². The zero-order chi connectivity index (χ0) is 52.5. The van der Waals surface area contributed by atoms with Gasteiger partial charge in [0.25, 0.3) is 5.91 Å². The van der Waals surface area contributed by atoms with E-state index in [0.29, 0.717) is 5.69 Å². The summed E-state index contributed by atoms with van der Waals surface area (Å²) in [5.41, 5.74) is 10.8. The molecule has 9 rings (SSSR count). The largest absolute Gasteiger partial charge is 0.481 e. The summed E-state index contributed by atoms with van der Waals surface area (Å²) < 4.78 is 0. The first-order valence-electron chi connectivity index (χ1n) is 25.0. The van der Waals surface area contributed by atoms with Crippen molar-refractivity contribution in [2.24, 2.45) is 0 Å². The number of aliphatic carboxylic acids is 2. The van der Waals surface area contributed by atoms with E-state index in [-0.39, 0.29) is 37.5 Å². The Morgan fingerprint density at radius 2 is 1.20 bits per heavy atom. The van der Waals surface area contributed by atoms with Gasteiger partial charge in [-0.3, -0.25) is 14.4 Å². The molecule has 10 nitrogen and oxygen atoms in total. The lowest BCUT2D eigenvalue weighted by Gasteiger charge is -2.32. The molecule has 0 aliphatic carbocycles. The smallest absolute Gasteiger partial charge is 0.305 e. The molecule has 2 heterocycles. The Bertz CT molecular complexity index is 3440. The molecule has 1 atom stereocenters. The lowest BCUT2D eigenvalue weighted by Crippen LogP contribution is -2.41. The van der Waals surface area contributed by atoms with Gasteiger partial charge in [0, 0.05) is 70.5 Å². The fraction of sp³-hybridized carbons (Fsp3) is 0.219. The average molecular weight is 980 g/mol. The molecule has 0 aromatic heterocycles. The number of anilines is 6. The second-order valence-corrected chi connectivity index (χ2v) is 20.4. The molecular weight excluding hydrogens is 919 g/mol. The number of allylic oxidation sites excluding steroid dienone is 5. The van der Waals surface area contributed by atoms with E-state index in [9.17, 15) is 29.9 Å². The number of benzene rings is 7. The van der Waals surface area contributed by atoms with Crippen molar-refractivity contribution in [3.05, 3.63) is 209 Å². The van der Waals surface area contributed by atoms with E-state index in [1.54, 1.807) is 13.1 Å². The Hall–Kier alpha value is -8.68. The fourth-order valence-electron chi connectivity index (χ4n) is 10.9. The first-order chi connectivity index (χ1) is 35.5. The molecule has 0 radical (unpaired) electrons. The second-order valence-electron chi connectivity index (χ2n) is 20.4. The third-order valence-corrected chi connectivity index (χ3v) is 14.8. The van der Waals surface area contributed by atoms with Crippen LogP contribution in [0.2, 0.25) is 0 Å². The Labute approximate surface area is 433 Å². The maximum Gasteiger partial charge on any atom is 0.305 e. The van der Waals surface area contributed by atoms with E-state index in [4.69, 9.17) is 0 Å². The number of hydrogen-bond donors (Lipinski definition) is 2. The topological polar surface area (TPSA) is 128 Å². The number of carboxylic acids is 2. The quantitative estimate of drug-likeness (QED) is 0.0446. The van der Waals surface area contributed by atoms with Crippen LogP contribution in [0.25, 0.3) is 27.6 Å². The summed E-state index contributed by atoms with van der Waals surface area (Å²) >= 11 is 0. The number of carboxylic acid groups (broad SMARTS) is 2. The fourth-order valence-corrected chi connectivity index (χ4v) is 10.9. The van der Waals surface area contributed by atoms with E-state index in [1.807, 2.05) is 60.7 Å². The first-order valence-corrected chi connectivity index (χ1v) is 25.0. The van der Waals surface area contributed by atoms with Crippen molar-refractivity contribution in [3.8, 4) is 6.07 Å². The molecule has 10 heteroatoms. The Kier molecular flexibility index (Phi) is 13.9. The zero-order valence-electron chi connectivity index (χ0n) is 43.0. The van der Waals surface area contributed by atoms with Gasteiger partial charge in [-0.25, -0.2) is 0 Å². The number of likely N-dealkylation sites (N-methyl/N-ethyl adjacent to an activating group) is 1. The standard InChI is InChI=1S/C64H61N5O5/c1-42-22-28-46(29-23-42)69(47-30-24-43(2)25-31-47)48-32-26-44(27-33-48)14-12-15-45(41-65)62(74)66(7)49-34-35-55-54(40-49)63(3,4)56(67(55)38-36-58(70)71)20-13-21-57-64(5,6)60-52-18-10-8-16-50(52)51-17-9-11-19-53(51)61(60)68(57)39-37-59(72)73/h8-35,40,56H,36-39H2,1-7H3,(H,70,71)(H,72,73)/b14-12+,20-13+,45-15+,57-21+. The summed E-state index contributed by atoms with van der Waals surface area (Å²) in [5, 5.41) is 34.5. The molecule has 7 aromatic carbocycles. The molecule has 0 fully saturated rings. The van der Waals surface area contributed by atoms with Crippen LogP contribution in [0.15, 0.2) is 181 Å². The summed E-state index contributed by atoms with van der Waals surface area (Å²) in [6.45, 7) is 13.3. The predicted octanol–water partition coefficient (Wildman–Crippen LogP) is 13.9. The van der Waals surface area contributed by atoms with Crippen molar-refractivity contribution in [2.45, 2.75) is 71.3 Å². The molecule has 2 N–H and O–H groups in total. The minimum atomic E-state index is -0.910. The van der Waals surface area contributed by atoms with Gasteiger partial charge in [-0.1, -0.05) is 148 Å². The van der Waals surface area contributed by atoms with Crippen molar-refractivity contribution in [1.29, 1.82) is 5.26 Å². The average Bonchev–Trinajstić information content (AvgIpc) is 3.75. The van der Waals surface area contributed by atoms with Crippen LogP contribution in [0, 0.1) is 25.2 Å². The van der Waals surface area contributed by atoms with Crippen molar-refractivity contribution in [2.75, 3.05) is 39.7 Å². The highest BCUT2D eigenvalue weighted by Gasteiger charge is 2.45. The van der Waals surface area contributed by atoms with E-state index in [1.165, 1.54) is 22.1 Å². The van der Waals surface area contributed by atoms with Crippen molar-refractivity contribution in [3.63, 3.8) is 0 Å². The summed E-state index contributed by atoms with van der Waals surface area (Å²) in [6, 6.07) is 49.3. The van der Waals surface area contributed by atoms with Gasteiger partial charge in [0.2, 0.25) is 0 Å². The number of fused-ring (bicyclic) bond motifs is 7. The number of hydrogen-bond acceptors (Lipinski definition) is 7. The van der Waals surface area contributed by atoms with Gasteiger partial charge in [-0.2, -0.15) is 5.26 Å². The van der Waals surface area contributed by atoms with Crippen LogP contribution in [0.1, 0.15) is 68.4 Å². The van der Waals surface area contributed by atoms with Gasteiger partial charge in [-0.05, 0) is 113 Å². The maximum absolute atomic E-state index is 14.0. The van der Waals surface area contributed by atoms with Crippen LogP contribution in [-0.4, -0.2) is 54.2 Å². The van der Waals surface area contributed by atoms with E-state index in [2.05, 4.69) is 165 Å². The third-order valence-electron chi connectivity index (χ3n) is 14.8. The lowest BCUT2D eigenvalue weighted by atomic mass is 9.79. The van der Waals surface area contributed by atoms with Crippen LogP contribution < -0.4 is 19.6 Å². The van der Waals surface area contributed by atoms with Crippen LogP contribution in [0.3, 0.4) is 0 Å². The molecule has 7 aromatic rings. The van der Waals surface area contributed by atoms with Gasteiger partial charge in [0.15, 0.2) is 0 Å². The number of aryl methyl sites for hydroxylation is 2. The summed E-state index contributed by atoms with van der Waals surface area (Å²) in [7, 11) is 1.66. The monoisotopic (exact) mass is 979 g/mol. The highest BCUT2D eigenvalue weighted by Crippen LogP contribution is 2.55. The van der Waals surface area contributed by atoms with E-state index in [0.717, 1.165) is 72.4 Å². The maximum atomic E-state index is 14.0. The van der Waals surface area contributed by atoms with E-state index >= 15 is 0 Å². The van der Waals surface area contributed by atoms with Gasteiger partial charge in [-0.15, -0.1) is 0 Å². The molecule has 2 aliphatic rings. The van der Waals surface area contributed by atoms with Crippen LogP contribution in [-0.2, 0) is 25.2 Å². The minimum Gasteiger partial charge on any atom is -0.481 e.